The van der Waals surface area contributed by atoms with E-state index in [4.69, 9.17) is 0 Å². The van der Waals surface area contributed by atoms with Gasteiger partial charge in [0.05, 0.1) is 0 Å². The van der Waals surface area contributed by atoms with E-state index in [9.17, 15) is 0 Å². The van der Waals surface area contributed by atoms with Crippen LogP contribution in [0.5, 0.6) is 0 Å². The van der Waals surface area contributed by atoms with Gasteiger partial charge in [-0.3, -0.25) is 0 Å². The highest BCUT2D eigenvalue weighted by molar-refractivity contribution is 5.22. The highest BCUT2D eigenvalue weighted by Gasteiger charge is 2.24. The lowest BCUT2D eigenvalue weighted by atomic mass is 9.92. The summed E-state index contributed by atoms with van der Waals surface area (Å²) in [6, 6.07) is 11.4. The summed E-state index contributed by atoms with van der Waals surface area (Å²) in [5, 5.41) is 7.17. The summed E-state index contributed by atoms with van der Waals surface area (Å²) >= 11 is 0. The number of nitrogens with one attached hydrogen (secondary N) is 2. The molecule has 88 valence electrons. The minimum Gasteiger partial charge on any atom is -0.317 e. The molecule has 1 saturated heterocycles. The average molecular weight is 218 g/mol. The van der Waals surface area contributed by atoms with Crippen molar-refractivity contribution in [1.82, 2.24) is 10.6 Å². The third kappa shape index (κ3) is 2.83. The van der Waals surface area contributed by atoms with Crippen molar-refractivity contribution in [1.29, 1.82) is 0 Å². The van der Waals surface area contributed by atoms with Gasteiger partial charge in [0.25, 0.3) is 0 Å². The van der Waals surface area contributed by atoms with Crippen LogP contribution in [0.1, 0.15) is 32.3 Å². The smallest absolute Gasteiger partial charge is 0.0379 e. The fraction of sp³-hybridized carbons (Fsp3) is 0.571. The topological polar surface area (TPSA) is 24.1 Å². The van der Waals surface area contributed by atoms with E-state index in [1.54, 1.807) is 0 Å². The maximum Gasteiger partial charge on any atom is 0.0379 e. The summed E-state index contributed by atoms with van der Waals surface area (Å²) < 4.78 is 0. The monoisotopic (exact) mass is 218 g/mol. The second-order valence-electron chi connectivity index (χ2n) is 5.16. The van der Waals surface area contributed by atoms with Gasteiger partial charge in [-0.2, -0.15) is 0 Å². The molecule has 1 fully saturated rings. The Balaban J connectivity index is 2.01. The Morgan fingerprint density at radius 2 is 1.75 bits per heavy atom. The van der Waals surface area contributed by atoms with E-state index < -0.39 is 0 Å². The van der Waals surface area contributed by atoms with Crippen molar-refractivity contribution in [3.8, 4) is 0 Å². The highest BCUT2D eigenvalue weighted by atomic mass is 15.0. The van der Waals surface area contributed by atoms with Crippen molar-refractivity contribution < 1.29 is 0 Å². The third-order valence-corrected chi connectivity index (χ3v) is 3.40. The van der Waals surface area contributed by atoms with Crippen LogP contribution < -0.4 is 10.6 Å². The molecule has 2 rings (SSSR count). The maximum absolute atomic E-state index is 3.77. The average Bonchev–Trinajstić information content (AvgIpc) is 2.31. The first-order chi connectivity index (χ1) is 7.68. The van der Waals surface area contributed by atoms with Gasteiger partial charge in [0.15, 0.2) is 0 Å². The van der Waals surface area contributed by atoms with Crippen molar-refractivity contribution in [3.63, 3.8) is 0 Å². The van der Waals surface area contributed by atoms with E-state index >= 15 is 0 Å². The van der Waals surface area contributed by atoms with E-state index in [1.165, 1.54) is 18.4 Å². The summed E-state index contributed by atoms with van der Waals surface area (Å²) in [7, 11) is 0. The maximum atomic E-state index is 3.77. The van der Waals surface area contributed by atoms with Gasteiger partial charge in [-0.15, -0.1) is 0 Å². The Labute approximate surface area is 98.4 Å². The predicted molar refractivity (Wildman–Crippen MR) is 68.5 cm³/mol. The van der Waals surface area contributed by atoms with Crippen molar-refractivity contribution >= 4 is 0 Å². The molecule has 0 bridgehead atoms. The standard InChI is InChI=1S/C14H22N2/c1-14(2,12-6-4-3-5-7-12)16-13-8-10-15-11-9-13/h3-7,13,15-16H,8-11H2,1-2H3. The lowest BCUT2D eigenvalue weighted by molar-refractivity contribution is 0.291. The van der Waals surface area contributed by atoms with E-state index in [0.29, 0.717) is 6.04 Å². The Hall–Kier alpha value is -0.860. The van der Waals surface area contributed by atoms with Crippen LogP contribution in [0, 0.1) is 0 Å². The fourth-order valence-electron chi connectivity index (χ4n) is 2.41. The lowest BCUT2D eigenvalue weighted by Gasteiger charge is -2.34. The van der Waals surface area contributed by atoms with Crippen LogP contribution in [-0.4, -0.2) is 19.1 Å². The Bertz CT molecular complexity index is 313. The number of hydrogen-bond acceptors (Lipinski definition) is 2. The minimum atomic E-state index is 0.0727. The van der Waals surface area contributed by atoms with Crippen molar-refractivity contribution in [2.24, 2.45) is 0 Å². The fourth-order valence-corrected chi connectivity index (χ4v) is 2.41. The Morgan fingerprint density at radius 3 is 2.38 bits per heavy atom. The van der Waals surface area contributed by atoms with Crippen LogP contribution in [0.25, 0.3) is 0 Å². The molecule has 1 aromatic rings. The zero-order chi connectivity index (χ0) is 11.4. The first-order valence-corrected chi connectivity index (χ1v) is 6.22. The molecule has 16 heavy (non-hydrogen) atoms. The molecular formula is C14H22N2. The molecule has 1 aromatic carbocycles. The van der Waals surface area contributed by atoms with Crippen LogP contribution in [0.15, 0.2) is 30.3 Å². The normalized spacial score (nSPS) is 18.6. The summed E-state index contributed by atoms with van der Waals surface area (Å²) in [5.74, 6) is 0. The molecule has 0 unspecified atom stereocenters. The molecular weight excluding hydrogens is 196 g/mol. The molecule has 0 aromatic heterocycles. The molecule has 1 aliphatic heterocycles. The first kappa shape index (κ1) is 11.6. The summed E-state index contributed by atoms with van der Waals surface area (Å²) in [6.45, 7) is 6.82. The lowest BCUT2D eigenvalue weighted by Crippen LogP contribution is -2.48. The number of benzene rings is 1. The van der Waals surface area contributed by atoms with Crippen molar-refractivity contribution in [3.05, 3.63) is 35.9 Å². The van der Waals surface area contributed by atoms with E-state index in [2.05, 4.69) is 54.8 Å². The Morgan fingerprint density at radius 1 is 1.12 bits per heavy atom. The van der Waals surface area contributed by atoms with E-state index in [0.717, 1.165) is 13.1 Å². The van der Waals surface area contributed by atoms with E-state index in [1.807, 2.05) is 0 Å². The van der Waals surface area contributed by atoms with Crippen LogP contribution in [0.3, 0.4) is 0 Å². The zero-order valence-electron chi connectivity index (χ0n) is 10.3. The number of piperidine rings is 1. The van der Waals surface area contributed by atoms with Gasteiger partial charge in [-0.05, 0) is 45.3 Å². The molecule has 0 aliphatic carbocycles. The molecule has 0 atom stereocenters. The van der Waals surface area contributed by atoms with Crippen LogP contribution in [-0.2, 0) is 5.54 Å². The van der Waals surface area contributed by atoms with Crippen molar-refractivity contribution in [2.45, 2.75) is 38.3 Å². The van der Waals surface area contributed by atoms with Gasteiger partial charge in [-0.25, -0.2) is 0 Å². The second-order valence-corrected chi connectivity index (χ2v) is 5.16. The quantitative estimate of drug-likeness (QED) is 0.813. The van der Waals surface area contributed by atoms with E-state index in [-0.39, 0.29) is 5.54 Å². The SMILES string of the molecule is CC(C)(NC1CCNCC1)c1ccccc1. The number of rotatable bonds is 3. The molecule has 2 nitrogen and oxygen atoms in total. The van der Waals surface area contributed by atoms with Crippen LogP contribution >= 0.6 is 0 Å². The van der Waals surface area contributed by atoms with Gasteiger partial charge >= 0.3 is 0 Å². The van der Waals surface area contributed by atoms with Gasteiger partial charge < -0.3 is 10.6 Å². The van der Waals surface area contributed by atoms with Gasteiger partial charge in [0.1, 0.15) is 0 Å². The predicted octanol–water partition coefficient (Wildman–Crippen LogP) is 2.26. The first-order valence-electron chi connectivity index (χ1n) is 6.22. The molecule has 2 N–H and O–H groups in total. The minimum absolute atomic E-state index is 0.0727. The molecule has 0 radical (unpaired) electrons. The molecule has 2 heteroatoms. The highest BCUT2D eigenvalue weighted by Crippen LogP contribution is 2.21. The van der Waals surface area contributed by atoms with Gasteiger partial charge in [0.2, 0.25) is 0 Å². The molecule has 0 amide bonds. The summed E-state index contributed by atoms with van der Waals surface area (Å²) in [4.78, 5) is 0. The third-order valence-electron chi connectivity index (χ3n) is 3.40. The summed E-state index contributed by atoms with van der Waals surface area (Å²) in [5.41, 5.74) is 1.44. The zero-order valence-corrected chi connectivity index (χ0v) is 10.3. The molecule has 1 heterocycles. The molecule has 1 aliphatic rings. The van der Waals surface area contributed by atoms with Crippen LogP contribution in [0.2, 0.25) is 0 Å². The number of hydrogen-bond donors (Lipinski definition) is 2. The van der Waals surface area contributed by atoms with Gasteiger partial charge in [0, 0.05) is 11.6 Å². The van der Waals surface area contributed by atoms with Crippen LogP contribution in [0.4, 0.5) is 0 Å². The second kappa shape index (κ2) is 4.98. The largest absolute Gasteiger partial charge is 0.317 e. The molecule has 0 saturated carbocycles. The molecule has 0 spiro atoms. The van der Waals surface area contributed by atoms with Gasteiger partial charge in [-0.1, -0.05) is 30.3 Å². The van der Waals surface area contributed by atoms with Crippen molar-refractivity contribution in [2.75, 3.05) is 13.1 Å². The summed E-state index contributed by atoms with van der Waals surface area (Å²) in [6.07, 6.45) is 2.46. The Kier molecular flexibility index (Phi) is 3.62.